The van der Waals surface area contributed by atoms with Gasteiger partial charge in [-0.3, -0.25) is 14.4 Å². The van der Waals surface area contributed by atoms with Crippen molar-refractivity contribution in [1.29, 1.82) is 0 Å². The molecule has 1 N–H and O–H groups in total. The lowest BCUT2D eigenvalue weighted by Crippen LogP contribution is -2.31. The number of hydrogen-bond acceptors (Lipinski definition) is 5. The van der Waals surface area contributed by atoms with Crippen LogP contribution in [0.2, 0.25) is 0 Å². The number of rotatable bonds is 7. The van der Waals surface area contributed by atoms with E-state index in [0.29, 0.717) is 24.8 Å². The molecule has 7 heteroatoms. The number of likely N-dealkylation sites (N-methyl/N-ethyl adjacent to an activating group) is 1. The van der Waals surface area contributed by atoms with Crippen molar-refractivity contribution >= 4 is 0 Å². The lowest BCUT2D eigenvalue weighted by Gasteiger charge is -2.20. The highest BCUT2D eigenvalue weighted by molar-refractivity contribution is 5.55. The Kier molecular flexibility index (Phi) is 5.87. The molecule has 1 aliphatic heterocycles. The predicted octanol–water partition coefficient (Wildman–Crippen LogP) is 2.01. The molecule has 0 radical (unpaired) electrons. The number of aromatic nitrogens is 4. The van der Waals surface area contributed by atoms with Crippen molar-refractivity contribution in [2.24, 2.45) is 0 Å². The number of benzene rings is 1. The molecule has 1 atom stereocenters. The van der Waals surface area contributed by atoms with E-state index in [2.05, 4.69) is 51.1 Å². The number of aryl methyl sites for hydroxylation is 2. The minimum atomic E-state index is -0.124. The molecule has 2 aromatic heterocycles. The van der Waals surface area contributed by atoms with Gasteiger partial charge in [-0.1, -0.05) is 24.3 Å². The van der Waals surface area contributed by atoms with Crippen LogP contribution in [0.4, 0.5) is 0 Å². The minimum absolute atomic E-state index is 0.124. The normalized spacial score (nSPS) is 17.3. The van der Waals surface area contributed by atoms with E-state index in [1.165, 1.54) is 12.0 Å². The Morgan fingerprint density at radius 2 is 2.07 bits per heavy atom. The average Bonchev–Trinajstić information content (AvgIpc) is 3.39. The molecule has 0 unspecified atom stereocenters. The summed E-state index contributed by atoms with van der Waals surface area (Å²) in [5, 5.41) is 4.20. The van der Waals surface area contributed by atoms with Crippen LogP contribution in [-0.2, 0) is 19.5 Å². The van der Waals surface area contributed by atoms with Crippen molar-refractivity contribution in [1.82, 2.24) is 29.5 Å². The third kappa shape index (κ3) is 4.99. The summed E-state index contributed by atoms with van der Waals surface area (Å²) in [4.78, 5) is 24.4. The van der Waals surface area contributed by atoms with Gasteiger partial charge in [0, 0.05) is 62.7 Å². The van der Waals surface area contributed by atoms with Crippen molar-refractivity contribution in [2.45, 2.75) is 32.0 Å². The van der Waals surface area contributed by atoms with Crippen LogP contribution in [0.5, 0.6) is 0 Å². The number of nitrogens with zero attached hydrogens (tertiary/aromatic N) is 5. The Balaban J connectivity index is 1.42. The van der Waals surface area contributed by atoms with Gasteiger partial charge < -0.3 is 9.88 Å². The second-order valence-electron chi connectivity index (χ2n) is 7.94. The summed E-state index contributed by atoms with van der Waals surface area (Å²) in [5.74, 6) is 0.619. The molecule has 7 nitrogen and oxygen atoms in total. The minimum Gasteiger partial charge on any atom is -0.307 e. The number of likely N-dealkylation sites (tertiary alicyclic amines) is 1. The zero-order valence-electron chi connectivity index (χ0n) is 17.1. The van der Waals surface area contributed by atoms with Crippen molar-refractivity contribution < 1.29 is 0 Å². The molecule has 0 amide bonds. The molecule has 0 saturated carbocycles. The van der Waals surface area contributed by atoms with E-state index in [1.807, 2.05) is 29.1 Å². The SMILES string of the molecule is CN(C)[C@@H]1CCN(Cc2ccc(-c3nc(CCn4cccn4)cc(=O)[nH]3)cc2)C1. The Bertz CT molecular complexity index is 977. The summed E-state index contributed by atoms with van der Waals surface area (Å²) in [5.41, 5.74) is 2.86. The Labute approximate surface area is 171 Å². The molecule has 0 aliphatic carbocycles. The second kappa shape index (κ2) is 8.71. The topological polar surface area (TPSA) is 70.0 Å². The van der Waals surface area contributed by atoms with Crippen LogP contribution < -0.4 is 5.56 Å². The van der Waals surface area contributed by atoms with Crippen LogP contribution in [0.1, 0.15) is 17.7 Å². The maximum atomic E-state index is 12.1. The predicted molar refractivity (Wildman–Crippen MR) is 114 cm³/mol. The first kappa shape index (κ1) is 19.5. The van der Waals surface area contributed by atoms with Gasteiger partial charge in [-0.15, -0.1) is 0 Å². The monoisotopic (exact) mass is 392 g/mol. The molecule has 152 valence electrons. The largest absolute Gasteiger partial charge is 0.307 e. The van der Waals surface area contributed by atoms with Gasteiger partial charge in [0.15, 0.2) is 0 Å². The number of aromatic amines is 1. The molecule has 3 heterocycles. The Morgan fingerprint density at radius 3 is 2.76 bits per heavy atom. The van der Waals surface area contributed by atoms with Crippen LogP contribution >= 0.6 is 0 Å². The van der Waals surface area contributed by atoms with Gasteiger partial charge in [-0.25, -0.2) is 4.98 Å². The molecule has 1 aliphatic rings. The van der Waals surface area contributed by atoms with Gasteiger partial charge in [0.1, 0.15) is 5.82 Å². The summed E-state index contributed by atoms with van der Waals surface area (Å²) >= 11 is 0. The quantitative estimate of drug-likeness (QED) is 0.666. The lowest BCUT2D eigenvalue weighted by atomic mass is 10.1. The highest BCUT2D eigenvalue weighted by Gasteiger charge is 2.23. The van der Waals surface area contributed by atoms with E-state index in [-0.39, 0.29) is 5.56 Å². The van der Waals surface area contributed by atoms with Gasteiger partial charge in [0.25, 0.3) is 5.56 Å². The van der Waals surface area contributed by atoms with Crippen LogP contribution in [0.15, 0.2) is 53.6 Å². The van der Waals surface area contributed by atoms with Crippen LogP contribution in [0, 0.1) is 0 Å². The zero-order chi connectivity index (χ0) is 20.2. The van der Waals surface area contributed by atoms with Crippen LogP contribution in [0.25, 0.3) is 11.4 Å². The van der Waals surface area contributed by atoms with Gasteiger partial charge >= 0.3 is 0 Å². The van der Waals surface area contributed by atoms with Gasteiger partial charge in [0.2, 0.25) is 0 Å². The molecule has 29 heavy (non-hydrogen) atoms. The molecule has 0 bridgehead atoms. The number of nitrogens with one attached hydrogen (secondary N) is 1. The number of H-pyrrole nitrogens is 1. The molecule has 4 rings (SSSR count). The van der Waals surface area contributed by atoms with Crippen LogP contribution in [-0.4, -0.2) is 62.8 Å². The zero-order valence-corrected chi connectivity index (χ0v) is 17.1. The van der Waals surface area contributed by atoms with Crippen molar-refractivity contribution in [3.63, 3.8) is 0 Å². The molecular weight excluding hydrogens is 364 g/mol. The molecule has 1 aromatic carbocycles. The second-order valence-corrected chi connectivity index (χ2v) is 7.94. The molecule has 1 saturated heterocycles. The molecule has 3 aromatic rings. The van der Waals surface area contributed by atoms with E-state index in [0.717, 1.165) is 30.9 Å². The summed E-state index contributed by atoms with van der Waals surface area (Å²) < 4.78 is 1.84. The first-order valence-electron chi connectivity index (χ1n) is 10.1. The smallest absolute Gasteiger partial charge is 0.251 e. The first-order chi connectivity index (χ1) is 14.1. The Morgan fingerprint density at radius 1 is 1.24 bits per heavy atom. The average molecular weight is 393 g/mol. The van der Waals surface area contributed by atoms with E-state index in [9.17, 15) is 4.79 Å². The maximum absolute atomic E-state index is 12.1. The first-order valence-corrected chi connectivity index (χ1v) is 10.1. The van der Waals surface area contributed by atoms with E-state index < -0.39 is 0 Å². The standard InChI is InChI=1S/C22H28N6O/c1-26(2)20-9-12-27(16-20)15-17-4-6-18(7-5-17)22-24-19(14-21(29)25-22)8-13-28-11-3-10-23-28/h3-7,10-11,14,20H,8-9,12-13,15-16H2,1-2H3,(H,24,25,29)/t20-/m1/s1. The van der Waals surface area contributed by atoms with Crippen molar-refractivity contribution in [2.75, 3.05) is 27.2 Å². The summed E-state index contributed by atoms with van der Waals surface area (Å²) in [6.45, 7) is 3.91. The van der Waals surface area contributed by atoms with Crippen molar-refractivity contribution in [3.05, 3.63) is 70.4 Å². The summed E-state index contributed by atoms with van der Waals surface area (Å²) in [6, 6.07) is 12.5. The fourth-order valence-electron chi connectivity index (χ4n) is 3.84. The third-order valence-corrected chi connectivity index (χ3v) is 5.56. The highest BCUT2D eigenvalue weighted by atomic mass is 16.1. The molecule has 0 spiro atoms. The lowest BCUT2D eigenvalue weighted by molar-refractivity contribution is 0.264. The van der Waals surface area contributed by atoms with Gasteiger partial charge in [-0.05, 0) is 32.1 Å². The Hall–Kier alpha value is -2.77. The van der Waals surface area contributed by atoms with E-state index >= 15 is 0 Å². The summed E-state index contributed by atoms with van der Waals surface area (Å²) in [6.07, 6.45) is 5.55. The van der Waals surface area contributed by atoms with Gasteiger partial charge in [0.05, 0.1) is 5.69 Å². The highest BCUT2D eigenvalue weighted by Crippen LogP contribution is 2.19. The fourth-order valence-corrected chi connectivity index (χ4v) is 3.84. The molecular formula is C22H28N6O. The van der Waals surface area contributed by atoms with Gasteiger partial charge in [-0.2, -0.15) is 5.10 Å². The van der Waals surface area contributed by atoms with E-state index in [4.69, 9.17) is 0 Å². The summed E-state index contributed by atoms with van der Waals surface area (Å²) in [7, 11) is 4.31. The fraction of sp³-hybridized carbons (Fsp3) is 0.409. The molecule has 1 fully saturated rings. The number of hydrogen-bond donors (Lipinski definition) is 1. The van der Waals surface area contributed by atoms with Crippen molar-refractivity contribution in [3.8, 4) is 11.4 Å². The van der Waals surface area contributed by atoms with E-state index in [1.54, 1.807) is 12.3 Å². The maximum Gasteiger partial charge on any atom is 0.251 e. The van der Waals surface area contributed by atoms with Crippen LogP contribution in [0.3, 0.4) is 0 Å². The third-order valence-electron chi connectivity index (χ3n) is 5.56.